The summed E-state index contributed by atoms with van der Waals surface area (Å²) in [5.41, 5.74) is 4.49. The molecule has 0 fully saturated rings. The van der Waals surface area contributed by atoms with Crippen LogP contribution in [0.4, 0.5) is 4.79 Å². The Hall–Kier alpha value is -3.29. The molecule has 2 rings (SSSR count). The number of phenols is 2. The number of primary amides is 1. The third kappa shape index (κ3) is 3.31. The van der Waals surface area contributed by atoms with Crippen LogP contribution in [0.2, 0.25) is 0 Å². The minimum Gasteiger partial charge on any atom is -0.507 e. The quantitative estimate of drug-likeness (QED) is 0.491. The SMILES string of the molecule is C[C@H](OC(=O)c1cc(O)c2ccccc2c1O)C(=O)NC(N)=O. The van der Waals surface area contributed by atoms with Crippen molar-refractivity contribution in [2.24, 2.45) is 5.73 Å². The number of carbonyl (C=O) groups is 3. The van der Waals surface area contributed by atoms with Crippen LogP contribution in [0, 0.1) is 0 Å². The molecule has 8 nitrogen and oxygen atoms in total. The molecule has 0 spiro atoms. The maximum atomic E-state index is 12.1. The van der Waals surface area contributed by atoms with Crippen LogP contribution in [0.5, 0.6) is 11.5 Å². The highest BCUT2D eigenvalue weighted by molar-refractivity contribution is 6.04. The first-order valence-corrected chi connectivity index (χ1v) is 6.56. The molecule has 0 saturated heterocycles. The first-order valence-electron chi connectivity index (χ1n) is 6.56. The van der Waals surface area contributed by atoms with Crippen LogP contribution in [0.1, 0.15) is 17.3 Å². The molecule has 0 radical (unpaired) electrons. The van der Waals surface area contributed by atoms with Crippen molar-refractivity contribution in [3.8, 4) is 11.5 Å². The number of ether oxygens (including phenoxy) is 1. The molecule has 0 saturated carbocycles. The number of benzene rings is 2. The highest BCUT2D eigenvalue weighted by Gasteiger charge is 2.23. The van der Waals surface area contributed by atoms with Crippen molar-refractivity contribution in [3.05, 3.63) is 35.9 Å². The van der Waals surface area contributed by atoms with Gasteiger partial charge in [-0.15, -0.1) is 0 Å². The van der Waals surface area contributed by atoms with Crippen LogP contribution in [-0.4, -0.2) is 34.2 Å². The van der Waals surface area contributed by atoms with Crippen molar-refractivity contribution in [3.63, 3.8) is 0 Å². The molecule has 0 aromatic heterocycles. The molecule has 2 aromatic rings. The number of rotatable bonds is 3. The maximum absolute atomic E-state index is 12.1. The zero-order chi connectivity index (χ0) is 17.1. The molecule has 120 valence electrons. The van der Waals surface area contributed by atoms with Gasteiger partial charge >= 0.3 is 12.0 Å². The molecule has 0 unspecified atom stereocenters. The largest absolute Gasteiger partial charge is 0.507 e. The number of imide groups is 1. The molecular weight excluding hydrogens is 304 g/mol. The van der Waals surface area contributed by atoms with Gasteiger partial charge in [-0.05, 0) is 13.0 Å². The van der Waals surface area contributed by atoms with Gasteiger partial charge in [0.2, 0.25) is 0 Å². The van der Waals surface area contributed by atoms with E-state index in [9.17, 15) is 24.6 Å². The van der Waals surface area contributed by atoms with E-state index in [0.29, 0.717) is 5.39 Å². The predicted molar refractivity (Wildman–Crippen MR) is 79.9 cm³/mol. The fourth-order valence-electron chi connectivity index (χ4n) is 2.00. The van der Waals surface area contributed by atoms with Crippen molar-refractivity contribution in [2.45, 2.75) is 13.0 Å². The summed E-state index contributed by atoms with van der Waals surface area (Å²) >= 11 is 0. The second kappa shape index (κ2) is 6.22. The van der Waals surface area contributed by atoms with E-state index < -0.39 is 24.0 Å². The minimum absolute atomic E-state index is 0.223. The number of fused-ring (bicyclic) bond motifs is 1. The first kappa shape index (κ1) is 16.1. The fourth-order valence-corrected chi connectivity index (χ4v) is 2.00. The van der Waals surface area contributed by atoms with Gasteiger partial charge in [0.1, 0.15) is 17.1 Å². The second-order valence-corrected chi connectivity index (χ2v) is 4.74. The van der Waals surface area contributed by atoms with Gasteiger partial charge in [0.15, 0.2) is 6.10 Å². The number of aromatic hydroxyl groups is 2. The molecule has 5 N–H and O–H groups in total. The molecule has 0 aliphatic heterocycles. The second-order valence-electron chi connectivity index (χ2n) is 4.74. The molecule has 0 bridgehead atoms. The zero-order valence-corrected chi connectivity index (χ0v) is 12.1. The van der Waals surface area contributed by atoms with Crippen LogP contribution in [-0.2, 0) is 9.53 Å². The summed E-state index contributed by atoms with van der Waals surface area (Å²) in [4.78, 5) is 34.1. The Balaban J connectivity index is 2.30. The van der Waals surface area contributed by atoms with Crippen LogP contribution in [0.3, 0.4) is 0 Å². The van der Waals surface area contributed by atoms with E-state index in [4.69, 9.17) is 10.5 Å². The van der Waals surface area contributed by atoms with E-state index >= 15 is 0 Å². The lowest BCUT2D eigenvalue weighted by molar-refractivity contribution is -0.127. The van der Waals surface area contributed by atoms with Gasteiger partial charge in [-0.3, -0.25) is 10.1 Å². The summed E-state index contributed by atoms with van der Waals surface area (Å²) in [6.45, 7) is 1.23. The van der Waals surface area contributed by atoms with Crippen molar-refractivity contribution in [1.82, 2.24) is 5.32 Å². The molecule has 1 atom stereocenters. The average molecular weight is 318 g/mol. The van der Waals surface area contributed by atoms with Crippen LogP contribution in [0.15, 0.2) is 30.3 Å². The van der Waals surface area contributed by atoms with Crippen LogP contribution >= 0.6 is 0 Å². The zero-order valence-electron chi connectivity index (χ0n) is 12.1. The molecule has 0 aliphatic rings. The third-order valence-electron chi connectivity index (χ3n) is 3.11. The normalized spacial score (nSPS) is 11.7. The van der Waals surface area contributed by atoms with Crippen molar-refractivity contribution < 1.29 is 29.3 Å². The molecule has 23 heavy (non-hydrogen) atoms. The standard InChI is InChI=1S/C15H14N2O6/c1-7(13(20)17-15(16)22)23-14(21)10-6-11(18)8-4-2-3-5-9(8)12(10)19/h2-7,18-19H,1H3,(H3,16,17,20,22)/t7-/m0/s1. The summed E-state index contributed by atoms with van der Waals surface area (Å²) in [5, 5.41) is 22.5. The Labute approximate surface area is 130 Å². The Morgan fingerprint density at radius 1 is 1.17 bits per heavy atom. The fraction of sp³-hybridized carbons (Fsp3) is 0.133. The lowest BCUT2D eigenvalue weighted by Crippen LogP contribution is -2.42. The smallest absolute Gasteiger partial charge is 0.342 e. The Morgan fingerprint density at radius 3 is 2.39 bits per heavy atom. The number of hydrogen-bond donors (Lipinski definition) is 4. The number of hydrogen-bond acceptors (Lipinski definition) is 6. The summed E-state index contributed by atoms with van der Waals surface area (Å²) in [6.07, 6.45) is -1.32. The summed E-state index contributed by atoms with van der Waals surface area (Å²) in [6, 6.07) is 6.34. The van der Waals surface area contributed by atoms with Crippen molar-refractivity contribution in [1.29, 1.82) is 0 Å². The lowest BCUT2D eigenvalue weighted by Gasteiger charge is -2.14. The Bertz CT molecular complexity index is 802. The number of nitrogens with two attached hydrogens (primary N) is 1. The number of urea groups is 1. The highest BCUT2D eigenvalue weighted by Crippen LogP contribution is 2.35. The molecular formula is C15H14N2O6. The van der Waals surface area contributed by atoms with Gasteiger partial charge in [0.05, 0.1) is 0 Å². The van der Waals surface area contributed by atoms with E-state index in [1.807, 2.05) is 0 Å². The van der Waals surface area contributed by atoms with Crippen molar-refractivity contribution >= 4 is 28.7 Å². The molecule has 3 amide bonds. The Morgan fingerprint density at radius 2 is 1.78 bits per heavy atom. The summed E-state index contributed by atoms with van der Waals surface area (Å²) in [5.74, 6) is -2.54. The molecule has 8 heteroatoms. The maximum Gasteiger partial charge on any atom is 0.342 e. The third-order valence-corrected chi connectivity index (χ3v) is 3.11. The van der Waals surface area contributed by atoms with E-state index in [1.165, 1.54) is 13.0 Å². The number of amides is 3. The predicted octanol–water partition coefficient (Wildman–Crippen LogP) is 0.991. The number of phenolic OH excluding ortho intramolecular Hbond substituents is 2. The van der Waals surface area contributed by atoms with Crippen LogP contribution < -0.4 is 11.1 Å². The van der Waals surface area contributed by atoms with E-state index in [1.54, 1.807) is 23.5 Å². The Kier molecular flexibility index (Phi) is 4.35. The molecule has 0 heterocycles. The van der Waals surface area contributed by atoms with Gasteiger partial charge in [-0.25, -0.2) is 9.59 Å². The first-order chi connectivity index (χ1) is 10.8. The van der Waals surface area contributed by atoms with Crippen molar-refractivity contribution in [2.75, 3.05) is 0 Å². The van der Waals surface area contributed by atoms with Gasteiger partial charge in [-0.2, -0.15) is 0 Å². The van der Waals surface area contributed by atoms with Gasteiger partial charge < -0.3 is 20.7 Å². The van der Waals surface area contributed by atoms with Gasteiger partial charge in [0, 0.05) is 10.8 Å². The van der Waals surface area contributed by atoms with Gasteiger partial charge in [-0.1, -0.05) is 24.3 Å². The summed E-state index contributed by atoms with van der Waals surface area (Å²) in [7, 11) is 0. The average Bonchev–Trinajstić information content (AvgIpc) is 2.50. The topological polar surface area (TPSA) is 139 Å². The van der Waals surface area contributed by atoms with E-state index in [0.717, 1.165) is 6.07 Å². The monoisotopic (exact) mass is 318 g/mol. The molecule has 0 aliphatic carbocycles. The number of carbonyl (C=O) groups excluding carboxylic acids is 3. The minimum atomic E-state index is -1.32. The van der Waals surface area contributed by atoms with E-state index in [2.05, 4.69) is 0 Å². The number of nitrogens with one attached hydrogen (secondary N) is 1. The highest BCUT2D eigenvalue weighted by atomic mass is 16.5. The lowest BCUT2D eigenvalue weighted by atomic mass is 10.0. The van der Waals surface area contributed by atoms with E-state index in [-0.39, 0.29) is 22.4 Å². The van der Waals surface area contributed by atoms with Crippen LogP contribution in [0.25, 0.3) is 10.8 Å². The van der Waals surface area contributed by atoms with Gasteiger partial charge in [0.25, 0.3) is 5.91 Å². The summed E-state index contributed by atoms with van der Waals surface area (Å²) < 4.78 is 4.85. The number of esters is 1. The molecule has 2 aromatic carbocycles.